The van der Waals surface area contributed by atoms with E-state index in [1.54, 1.807) is 6.20 Å². The van der Waals surface area contributed by atoms with Crippen molar-refractivity contribution in [3.63, 3.8) is 0 Å². The summed E-state index contributed by atoms with van der Waals surface area (Å²) in [5.74, 6) is 0. The van der Waals surface area contributed by atoms with E-state index in [4.69, 9.17) is 17.3 Å². The number of pyridine rings is 1. The van der Waals surface area contributed by atoms with Crippen LogP contribution in [0.3, 0.4) is 0 Å². The summed E-state index contributed by atoms with van der Waals surface area (Å²) in [6, 6.07) is 5.58. The maximum atomic E-state index is 6.34. The van der Waals surface area contributed by atoms with Crippen molar-refractivity contribution in [3.05, 3.63) is 35.1 Å². The molecule has 0 amide bonds. The zero-order valence-corrected chi connectivity index (χ0v) is 15.2. The first-order chi connectivity index (χ1) is 10.7. The molecule has 2 N–H and O–H groups in total. The second kappa shape index (κ2) is 12.2. The van der Waals surface area contributed by atoms with Gasteiger partial charge in [-0.1, -0.05) is 45.4 Å². The van der Waals surface area contributed by atoms with Crippen LogP contribution in [0, 0.1) is 0 Å². The predicted octanol–water partition coefficient (Wildman–Crippen LogP) is 3.78. The third-order valence-electron chi connectivity index (χ3n) is 2.85. The molecule has 1 aliphatic rings. The standard InChI is InChI=1S/C13H17ClN4.2C2H6/c1-18-8-4-7-17-11(9-18)12(14)13(15)10-5-2-3-6-16-10;2*1-2/h2-3,5-6H,4,7-9,15H2,1H3;2*1-2H3/b13-12+;;. The minimum atomic E-state index is 0.492. The maximum Gasteiger partial charge on any atom is 0.0881 e. The van der Waals surface area contributed by atoms with Gasteiger partial charge in [0.2, 0.25) is 0 Å². The maximum absolute atomic E-state index is 6.34. The number of aromatic nitrogens is 1. The Kier molecular flexibility index (Phi) is 11.4. The SMILES string of the molecule is CC.CC.CN1CCCN=C(/C(Cl)=C(\N)c2ccccn2)C1. The third kappa shape index (κ3) is 6.58. The fourth-order valence-corrected chi connectivity index (χ4v) is 2.08. The lowest BCUT2D eigenvalue weighted by Crippen LogP contribution is -2.26. The van der Waals surface area contributed by atoms with E-state index in [9.17, 15) is 0 Å². The summed E-state index contributed by atoms with van der Waals surface area (Å²) in [6.07, 6.45) is 2.75. The molecule has 0 spiro atoms. The van der Waals surface area contributed by atoms with Gasteiger partial charge in [0.15, 0.2) is 0 Å². The molecule has 0 radical (unpaired) electrons. The van der Waals surface area contributed by atoms with Crippen molar-refractivity contribution in [1.29, 1.82) is 0 Å². The molecule has 0 bridgehead atoms. The molecule has 0 atom stereocenters. The Bertz CT molecular complexity index is 469. The van der Waals surface area contributed by atoms with Gasteiger partial charge in [-0.2, -0.15) is 0 Å². The summed E-state index contributed by atoms with van der Waals surface area (Å²) in [4.78, 5) is 10.9. The second-order valence-corrected chi connectivity index (χ2v) is 4.74. The number of halogens is 1. The topological polar surface area (TPSA) is 54.5 Å². The number of rotatable bonds is 2. The minimum Gasteiger partial charge on any atom is -0.396 e. The number of aliphatic imine (C=N–C) groups is 1. The molecule has 1 aromatic heterocycles. The van der Waals surface area contributed by atoms with Crippen molar-refractivity contribution >= 4 is 23.0 Å². The van der Waals surface area contributed by atoms with Crippen LogP contribution in [0.1, 0.15) is 39.8 Å². The van der Waals surface area contributed by atoms with Gasteiger partial charge in [-0.15, -0.1) is 0 Å². The van der Waals surface area contributed by atoms with Crippen molar-refractivity contribution < 1.29 is 0 Å². The van der Waals surface area contributed by atoms with Crippen molar-refractivity contribution in [3.8, 4) is 0 Å². The largest absolute Gasteiger partial charge is 0.396 e. The van der Waals surface area contributed by atoms with E-state index in [0.29, 0.717) is 16.4 Å². The van der Waals surface area contributed by atoms with Gasteiger partial charge in [0.25, 0.3) is 0 Å². The first kappa shape index (κ1) is 20.6. The molecule has 0 aliphatic carbocycles. The van der Waals surface area contributed by atoms with Crippen LogP contribution in [0.2, 0.25) is 0 Å². The van der Waals surface area contributed by atoms with E-state index >= 15 is 0 Å². The van der Waals surface area contributed by atoms with Gasteiger partial charge in [-0.3, -0.25) is 9.98 Å². The Balaban J connectivity index is 0.00000102. The Morgan fingerprint density at radius 1 is 1.23 bits per heavy atom. The quantitative estimate of drug-likeness (QED) is 0.900. The first-order valence-corrected chi connectivity index (χ1v) is 8.35. The van der Waals surface area contributed by atoms with Crippen molar-refractivity contribution in [2.24, 2.45) is 10.7 Å². The summed E-state index contributed by atoms with van der Waals surface area (Å²) >= 11 is 6.34. The van der Waals surface area contributed by atoms with Gasteiger partial charge in [0.05, 0.1) is 22.1 Å². The number of hydrogen-bond acceptors (Lipinski definition) is 4. The van der Waals surface area contributed by atoms with Gasteiger partial charge >= 0.3 is 0 Å². The van der Waals surface area contributed by atoms with Crippen molar-refractivity contribution in [1.82, 2.24) is 9.88 Å². The predicted molar refractivity (Wildman–Crippen MR) is 98.3 cm³/mol. The van der Waals surface area contributed by atoms with E-state index in [1.807, 2.05) is 45.9 Å². The molecule has 1 aliphatic heterocycles. The molecular formula is C17H29ClN4. The first-order valence-electron chi connectivity index (χ1n) is 7.97. The van der Waals surface area contributed by atoms with Crippen LogP contribution in [0.15, 0.2) is 34.4 Å². The van der Waals surface area contributed by atoms with Crippen LogP contribution < -0.4 is 5.73 Å². The van der Waals surface area contributed by atoms with Crippen LogP contribution >= 0.6 is 11.6 Å². The molecule has 1 aromatic rings. The van der Waals surface area contributed by atoms with Gasteiger partial charge in [-0.25, -0.2) is 0 Å². The highest BCUT2D eigenvalue weighted by atomic mass is 35.5. The smallest absolute Gasteiger partial charge is 0.0881 e. The molecular weight excluding hydrogens is 296 g/mol. The van der Waals surface area contributed by atoms with Crippen LogP contribution in [0.5, 0.6) is 0 Å². The average Bonchev–Trinajstić information content (AvgIpc) is 2.82. The molecule has 124 valence electrons. The van der Waals surface area contributed by atoms with E-state index < -0.39 is 0 Å². The Morgan fingerprint density at radius 3 is 2.50 bits per heavy atom. The van der Waals surface area contributed by atoms with Crippen LogP contribution in [0.25, 0.3) is 5.70 Å². The molecule has 2 rings (SSSR count). The highest BCUT2D eigenvalue weighted by molar-refractivity contribution is 6.46. The molecule has 2 heterocycles. The zero-order chi connectivity index (χ0) is 17.0. The normalized spacial score (nSPS) is 16.0. The zero-order valence-electron chi connectivity index (χ0n) is 14.4. The Morgan fingerprint density at radius 2 is 1.91 bits per heavy atom. The van der Waals surface area contributed by atoms with Gasteiger partial charge < -0.3 is 10.6 Å². The van der Waals surface area contributed by atoms with Gasteiger partial charge in [-0.05, 0) is 25.6 Å². The number of nitrogens with zero attached hydrogens (tertiary/aromatic N) is 3. The highest BCUT2D eigenvalue weighted by Gasteiger charge is 2.15. The van der Waals surface area contributed by atoms with E-state index in [-0.39, 0.29) is 0 Å². The lowest BCUT2D eigenvalue weighted by molar-refractivity contribution is 0.385. The molecule has 0 saturated carbocycles. The van der Waals surface area contributed by atoms with Crippen molar-refractivity contribution in [2.45, 2.75) is 34.1 Å². The van der Waals surface area contributed by atoms with Crippen LogP contribution in [-0.2, 0) is 0 Å². The minimum absolute atomic E-state index is 0.492. The summed E-state index contributed by atoms with van der Waals surface area (Å²) in [7, 11) is 2.06. The fraction of sp³-hybridized carbons (Fsp3) is 0.529. The molecule has 5 heteroatoms. The molecule has 0 saturated heterocycles. The van der Waals surface area contributed by atoms with Crippen molar-refractivity contribution in [2.75, 3.05) is 26.7 Å². The third-order valence-corrected chi connectivity index (χ3v) is 3.27. The van der Waals surface area contributed by atoms with Crippen LogP contribution in [-0.4, -0.2) is 42.3 Å². The summed E-state index contributed by atoms with van der Waals surface area (Å²) < 4.78 is 0. The van der Waals surface area contributed by atoms with Gasteiger partial charge in [0, 0.05) is 25.8 Å². The number of nitrogens with two attached hydrogens (primary N) is 1. The lowest BCUT2D eigenvalue weighted by Gasteiger charge is -2.14. The summed E-state index contributed by atoms with van der Waals surface area (Å²) in [6.45, 7) is 10.6. The Hall–Kier alpha value is -1.39. The molecule has 0 fully saturated rings. The summed E-state index contributed by atoms with van der Waals surface area (Å²) in [5, 5.41) is 0.516. The molecule has 0 unspecified atom stereocenters. The molecule has 4 nitrogen and oxygen atoms in total. The molecule has 0 aromatic carbocycles. The Labute approximate surface area is 140 Å². The van der Waals surface area contributed by atoms with E-state index in [1.165, 1.54) is 0 Å². The fourth-order valence-electron chi connectivity index (χ4n) is 1.87. The lowest BCUT2D eigenvalue weighted by atomic mass is 10.2. The molecule has 22 heavy (non-hydrogen) atoms. The van der Waals surface area contributed by atoms with E-state index in [0.717, 1.165) is 31.8 Å². The van der Waals surface area contributed by atoms with E-state index in [2.05, 4.69) is 21.9 Å². The van der Waals surface area contributed by atoms with Crippen LogP contribution in [0.4, 0.5) is 0 Å². The van der Waals surface area contributed by atoms with Gasteiger partial charge in [0.1, 0.15) is 0 Å². The number of hydrogen-bond donors (Lipinski definition) is 1. The highest BCUT2D eigenvalue weighted by Crippen LogP contribution is 2.18. The monoisotopic (exact) mass is 324 g/mol. The average molecular weight is 325 g/mol. The second-order valence-electron chi connectivity index (χ2n) is 4.36. The summed E-state index contributed by atoms with van der Waals surface area (Å²) in [5.41, 5.74) is 8.08.